The predicted molar refractivity (Wildman–Crippen MR) is 130 cm³/mol. The minimum absolute atomic E-state index is 0.0541. The lowest BCUT2D eigenvalue weighted by Crippen LogP contribution is -2.30. The van der Waals surface area contributed by atoms with E-state index in [0.29, 0.717) is 42.4 Å². The molecule has 1 saturated carbocycles. The van der Waals surface area contributed by atoms with Crippen molar-refractivity contribution in [2.45, 2.75) is 72.3 Å². The molecule has 8 nitrogen and oxygen atoms in total. The van der Waals surface area contributed by atoms with Crippen molar-refractivity contribution in [2.75, 3.05) is 0 Å². The Morgan fingerprint density at radius 1 is 1.00 bits per heavy atom. The summed E-state index contributed by atoms with van der Waals surface area (Å²) in [5.41, 5.74) is 6.02. The van der Waals surface area contributed by atoms with Crippen molar-refractivity contribution < 1.29 is 4.52 Å². The van der Waals surface area contributed by atoms with Crippen molar-refractivity contribution in [1.82, 2.24) is 29.7 Å². The average Bonchev–Trinajstić information content (AvgIpc) is 3.19. The van der Waals surface area contributed by atoms with Crippen LogP contribution >= 0.6 is 0 Å². The van der Waals surface area contributed by atoms with Crippen LogP contribution in [0.4, 0.5) is 0 Å². The minimum Gasteiger partial charge on any atom is -0.361 e. The average molecular weight is 459 g/mol. The van der Waals surface area contributed by atoms with E-state index in [9.17, 15) is 4.79 Å². The van der Waals surface area contributed by atoms with Gasteiger partial charge in [0.15, 0.2) is 5.65 Å². The lowest BCUT2D eigenvalue weighted by Gasteiger charge is -2.23. The molecule has 1 aliphatic carbocycles. The van der Waals surface area contributed by atoms with Crippen LogP contribution < -0.4 is 5.56 Å². The lowest BCUT2D eigenvalue weighted by atomic mass is 9.89. The molecule has 0 N–H and O–H groups in total. The fourth-order valence-electron chi connectivity index (χ4n) is 4.92. The summed E-state index contributed by atoms with van der Waals surface area (Å²) in [7, 11) is 0. The molecular weight excluding hydrogens is 428 g/mol. The highest BCUT2D eigenvalue weighted by atomic mass is 16.5. The van der Waals surface area contributed by atoms with Crippen molar-refractivity contribution in [3.05, 3.63) is 63.4 Å². The maximum Gasteiger partial charge on any atom is 0.273 e. The zero-order valence-corrected chi connectivity index (χ0v) is 20.0. The SMILES string of the molecule is Cc1cnc(CCc2nc3ccc(-c4c(C)noc4C)nc3n(CC3CCCCC3)c2=O)cn1. The van der Waals surface area contributed by atoms with Gasteiger partial charge in [0.25, 0.3) is 5.56 Å². The zero-order valence-electron chi connectivity index (χ0n) is 20.0. The number of nitrogens with zero attached hydrogens (tertiary/aromatic N) is 6. The summed E-state index contributed by atoms with van der Waals surface area (Å²) >= 11 is 0. The molecule has 4 heterocycles. The monoisotopic (exact) mass is 458 g/mol. The van der Waals surface area contributed by atoms with Gasteiger partial charge in [0.1, 0.15) is 17.0 Å². The third kappa shape index (κ3) is 4.49. The molecule has 0 radical (unpaired) electrons. The van der Waals surface area contributed by atoms with Crippen LogP contribution in [0.3, 0.4) is 0 Å². The third-order valence-electron chi connectivity index (χ3n) is 6.77. The minimum atomic E-state index is -0.0541. The van der Waals surface area contributed by atoms with E-state index in [1.165, 1.54) is 19.3 Å². The maximum atomic E-state index is 13.7. The van der Waals surface area contributed by atoms with E-state index in [2.05, 4.69) is 15.1 Å². The molecule has 0 unspecified atom stereocenters. The summed E-state index contributed by atoms with van der Waals surface area (Å²) in [6.45, 7) is 6.37. The third-order valence-corrected chi connectivity index (χ3v) is 6.77. The number of aryl methyl sites for hydroxylation is 5. The van der Waals surface area contributed by atoms with E-state index in [0.717, 1.165) is 46.7 Å². The fraction of sp³-hybridized carbons (Fsp3) is 0.462. The molecule has 0 bridgehead atoms. The molecule has 34 heavy (non-hydrogen) atoms. The van der Waals surface area contributed by atoms with Gasteiger partial charge < -0.3 is 4.52 Å². The number of hydrogen-bond acceptors (Lipinski definition) is 7. The summed E-state index contributed by atoms with van der Waals surface area (Å²) < 4.78 is 7.21. The van der Waals surface area contributed by atoms with E-state index >= 15 is 0 Å². The van der Waals surface area contributed by atoms with E-state index in [1.54, 1.807) is 12.4 Å². The Hall–Kier alpha value is -3.42. The highest BCUT2D eigenvalue weighted by molar-refractivity contribution is 5.76. The highest BCUT2D eigenvalue weighted by Crippen LogP contribution is 2.28. The normalized spacial score (nSPS) is 14.7. The standard InChI is InChI=1S/C26H30N6O2/c1-16-13-28-20(14-27-16)9-10-23-26(33)32(15-19-7-5-4-6-8-19)25-22(29-23)12-11-21(30-25)24-17(2)31-34-18(24)3/h11-14,19H,4-10,15H2,1-3H3. The van der Waals surface area contributed by atoms with Crippen LogP contribution in [0.5, 0.6) is 0 Å². The van der Waals surface area contributed by atoms with Crippen LogP contribution in [0.1, 0.15) is 60.6 Å². The Bertz CT molecular complexity index is 1350. The molecule has 1 fully saturated rings. The molecule has 0 amide bonds. The number of rotatable bonds is 6. The first-order valence-electron chi connectivity index (χ1n) is 12.1. The van der Waals surface area contributed by atoms with Crippen LogP contribution in [0.25, 0.3) is 22.4 Å². The van der Waals surface area contributed by atoms with Crippen molar-refractivity contribution >= 4 is 11.2 Å². The number of fused-ring (bicyclic) bond motifs is 1. The van der Waals surface area contributed by atoms with Crippen molar-refractivity contribution in [3.8, 4) is 11.3 Å². The molecule has 5 rings (SSSR count). The topological polar surface area (TPSA) is 99.6 Å². The van der Waals surface area contributed by atoms with E-state index in [1.807, 2.05) is 37.5 Å². The van der Waals surface area contributed by atoms with Gasteiger partial charge in [-0.25, -0.2) is 9.97 Å². The van der Waals surface area contributed by atoms with Gasteiger partial charge in [-0.2, -0.15) is 0 Å². The first-order valence-corrected chi connectivity index (χ1v) is 12.1. The van der Waals surface area contributed by atoms with Crippen LogP contribution in [-0.4, -0.2) is 29.7 Å². The second-order valence-electron chi connectivity index (χ2n) is 9.37. The van der Waals surface area contributed by atoms with Gasteiger partial charge in [-0.05, 0) is 58.1 Å². The Kier molecular flexibility index (Phi) is 6.22. The summed E-state index contributed by atoms with van der Waals surface area (Å²) in [6, 6.07) is 3.89. The molecule has 4 aromatic rings. The van der Waals surface area contributed by atoms with Gasteiger partial charge in [-0.1, -0.05) is 24.4 Å². The van der Waals surface area contributed by atoms with Gasteiger partial charge >= 0.3 is 0 Å². The fourth-order valence-corrected chi connectivity index (χ4v) is 4.92. The van der Waals surface area contributed by atoms with Gasteiger partial charge in [0, 0.05) is 25.4 Å². The summed E-state index contributed by atoms with van der Waals surface area (Å²) in [4.78, 5) is 32.1. The largest absolute Gasteiger partial charge is 0.361 e. The Morgan fingerprint density at radius 3 is 2.53 bits per heavy atom. The molecule has 176 valence electrons. The Labute approximate surface area is 198 Å². The summed E-state index contributed by atoms with van der Waals surface area (Å²) in [6.07, 6.45) is 10.7. The zero-order chi connectivity index (χ0) is 23.7. The molecule has 1 aliphatic rings. The summed E-state index contributed by atoms with van der Waals surface area (Å²) in [5, 5.41) is 4.07. The first-order chi connectivity index (χ1) is 16.5. The quantitative estimate of drug-likeness (QED) is 0.418. The van der Waals surface area contributed by atoms with E-state index in [-0.39, 0.29) is 5.56 Å². The molecule has 8 heteroatoms. The molecule has 0 aromatic carbocycles. The van der Waals surface area contributed by atoms with Crippen LogP contribution in [0, 0.1) is 26.7 Å². The van der Waals surface area contributed by atoms with Gasteiger partial charge in [-0.15, -0.1) is 0 Å². The van der Waals surface area contributed by atoms with E-state index in [4.69, 9.17) is 14.5 Å². The Morgan fingerprint density at radius 2 is 1.82 bits per heavy atom. The second kappa shape index (κ2) is 9.44. The first kappa shape index (κ1) is 22.4. The van der Waals surface area contributed by atoms with E-state index < -0.39 is 0 Å². The smallest absolute Gasteiger partial charge is 0.273 e. The van der Waals surface area contributed by atoms with Gasteiger partial charge in [0.05, 0.1) is 28.3 Å². The second-order valence-corrected chi connectivity index (χ2v) is 9.37. The molecule has 0 aliphatic heterocycles. The lowest BCUT2D eigenvalue weighted by molar-refractivity contribution is 0.318. The molecule has 4 aromatic heterocycles. The predicted octanol–water partition coefficient (Wildman–Crippen LogP) is 4.53. The maximum absolute atomic E-state index is 13.7. The number of hydrogen-bond donors (Lipinski definition) is 0. The Balaban J connectivity index is 1.56. The van der Waals surface area contributed by atoms with Crippen molar-refractivity contribution in [1.29, 1.82) is 0 Å². The van der Waals surface area contributed by atoms with Crippen molar-refractivity contribution in [2.24, 2.45) is 5.92 Å². The highest BCUT2D eigenvalue weighted by Gasteiger charge is 2.20. The van der Waals surface area contributed by atoms with Gasteiger partial charge in [0.2, 0.25) is 0 Å². The van der Waals surface area contributed by atoms with Crippen LogP contribution in [0.15, 0.2) is 33.8 Å². The molecule has 0 saturated heterocycles. The van der Waals surface area contributed by atoms with Gasteiger partial charge in [-0.3, -0.25) is 19.3 Å². The molecule has 0 atom stereocenters. The molecule has 0 spiro atoms. The van der Waals surface area contributed by atoms with Crippen LogP contribution in [-0.2, 0) is 19.4 Å². The van der Waals surface area contributed by atoms with Crippen LogP contribution in [0.2, 0.25) is 0 Å². The molecular formula is C26H30N6O2. The van der Waals surface area contributed by atoms with Crippen molar-refractivity contribution in [3.63, 3.8) is 0 Å². The number of pyridine rings is 1. The number of aromatic nitrogens is 6. The summed E-state index contributed by atoms with van der Waals surface area (Å²) in [5.74, 6) is 1.20.